The zero-order valence-corrected chi connectivity index (χ0v) is 13.9. The third-order valence-electron chi connectivity index (χ3n) is 3.56. The predicted molar refractivity (Wildman–Crippen MR) is 89.4 cm³/mol. The van der Waals surface area contributed by atoms with E-state index in [1.165, 1.54) is 0 Å². The van der Waals surface area contributed by atoms with E-state index < -0.39 is 6.10 Å². The Bertz CT molecular complexity index is 519. The van der Waals surface area contributed by atoms with Gasteiger partial charge >= 0.3 is 0 Å². The summed E-state index contributed by atoms with van der Waals surface area (Å²) in [5, 5.41) is 17.2. The molecule has 128 valence electrons. The summed E-state index contributed by atoms with van der Waals surface area (Å²) < 4.78 is 11.0. The predicted octanol–water partition coefficient (Wildman–Crippen LogP) is 1.95. The van der Waals surface area contributed by atoms with Crippen molar-refractivity contribution in [1.82, 2.24) is 5.32 Å². The van der Waals surface area contributed by atoms with Gasteiger partial charge < -0.3 is 24.7 Å². The molecule has 1 aliphatic rings. The maximum Gasteiger partial charge on any atom is 0.144 e. The molecule has 23 heavy (non-hydrogen) atoms. The van der Waals surface area contributed by atoms with Gasteiger partial charge in [-0.1, -0.05) is 12.1 Å². The van der Waals surface area contributed by atoms with Gasteiger partial charge in [-0.3, -0.25) is 0 Å². The SMILES string of the molecule is CCCNCC(O)CO/N=C1\CCCOc2ccc(OC)cc21. The molecule has 0 spiro atoms. The number of benzene rings is 1. The van der Waals surface area contributed by atoms with Crippen LogP contribution in [0.1, 0.15) is 31.7 Å². The highest BCUT2D eigenvalue weighted by Crippen LogP contribution is 2.28. The van der Waals surface area contributed by atoms with Crippen LogP contribution >= 0.6 is 0 Å². The number of methoxy groups -OCH3 is 1. The summed E-state index contributed by atoms with van der Waals surface area (Å²) in [5.41, 5.74) is 1.71. The largest absolute Gasteiger partial charge is 0.497 e. The molecular formula is C17H26N2O4. The standard InChI is InChI=1S/C17H26N2O4/c1-3-8-18-11-13(20)12-23-19-16-5-4-9-22-17-7-6-14(21-2)10-15(16)17/h6-7,10,13,18,20H,3-5,8-9,11-12H2,1-2H3/b19-16+. The van der Waals surface area contributed by atoms with Gasteiger partial charge in [0.15, 0.2) is 0 Å². The van der Waals surface area contributed by atoms with E-state index in [0.717, 1.165) is 48.6 Å². The van der Waals surface area contributed by atoms with Crippen LogP contribution in [0.2, 0.25) is 0 Å². The summed E-state index contributed by atoms with van der Waals surface area (Å²) >= 11 is 0. The lowest BCUT2D eigenvalue weighted by Crippen LogP contribution is -2.30. The normalized spacial score (nSPS) is 17.1. The van der Waals surface area contributed by atoms with Crippen molar-refractivity contribution >= 4 is 5.71 Å². The van der Waals surface area contributed by atoms with Gasteiger partial charge in [0.25, 0.3) is 0 Å². The molecule has 0 aromatic heterocycles. The summed E-state index contributed by atoms with van der Waals surface area (Å²) in [7, 11) is 1.63. The monoisotopic (exact) mass is 322 g/mol. The fourth-order valence-electron chi connectivity index (χ4n) is 2.34. The Morgan fingerprint density at radius 1 is 1.43 bits per heavy atom. The molecule has 0 aliphatic carbocycles. The molecule has 0 saturated heterocycles. The Hall–Kier alpha value is -1.79. The lowest BCUT2D eigenvalue weighted by atomic mass is 10.1. The molecule has 1 heterocycles. The quantitative estimate of drug-likeness (QED) is 0.565. The van der Waals surface area contributed by atoms with Crippen molar-refractivity contribution in [3.8, 4) is 11.5 Å². The number of nitrogens with one attached hydrogen (secondary N) is 1. The van der Waals surface area contributed by atoms with E-state index in [2.05, 4.69) is 17.4 Å². The summed E-state index contributed by atoms with van der Waals surface area (Å²) in [6.07, 6.45) is 2.11. The van der Waals surface area contributed by atoms with Crippen LogP contribution in [0.4, 0.5) is 0 Å². The van der Waals surface area contributed by atoms with Crippen LogP contribution in [-0.4, -0.2) is 50.3 Å². The molecule has 1 aromatic rings. The molecule has 0 bridgehead atoms. The molecule has 0 amide bonds. The highest BCUT2D eigenvalue weighted by atomic mass is 16.6. The van der Waals surface area contributed by atoms with Gasteiger partial charge in [0, 0.05) is 12.1 Å². The highest BCUT2D eigenvalue weighted by molar-refractivity contribution is 6.03. The molecule has 1 atom stereocenters. The number of rotatable bonds is 8. The lowest BCUT2D eigenvalue weighted by Gasteiger charge is -2.12. The summed E-state index contributed by atoms with van der Waals surface area (Å²) in [5.74, 6) is 1.54. The minimum absolute atomic E-state index is 0.167. The van der Waals surface area contributed by atoms with Crippen molar-refractivity contribution in [3.05, 3.63) is 23.8 Å². The molecule has 0 fully saturated rings. The number of fused-ring (bicyclic) bond motifs is 1. The van der Waals surface area contributed by atoms with Crippen LogP contribution in [0, 0.1) is 0 Å². The third kappa shape index (κ3) is 5.41. The smallest absolute Gasteiger partial charge is 0.144 e. The first kappa shape index (κ1) is 17.6. The second kappa shape index (κ2) is 9.37. The first-order valence-corrected chi connectivity index (χ1v) is 8.13. The van der Waals surface area contributed by atoms with Crippen molar-refractivity contribution in [3.63, 3.8) is 0 Å². The second-order valence-corrected chi connectivity index (χ2v) is 5.51. The first-order valence-electron chi connectivity index (χ1n) is 8.13. The van der Waals surface area contributed by atoms with E-state index in [9.17, 15) is 5.11 Å². The first-order chi connectivity index (χ1) is 11.2. The van der Waals surface area contributed by atoms with Crippen LogP contribution in [-0.2, 0) is 4.84 Å². The molecule has 0 radical (unpaired) electrons. The summed E-state index contributed by atoms with van der Waals surface area (Å²) in [4.78, 5) is 5.35. The Balaban J connectivity index is 1.98. The fourth-order valence-corrected chi connectivity index (χ4v) is 2.34. The summed E-state index contributed by atoms with van der Waals surface area (Å²) in [6.45, 7) is 4.30. The number of aliphatic hydroxyl groups is 1. The zero-order chi connectivity index (χ0) is 16.5. The zero-order valence-electron chi connectivity index (χ0n) is 13.9. The van der Waals surface area contributed by atoms with Gasteiger partial charge in [-0.05, 0) is 44.0 Å². The van der Waals surface area contributed by atoms with Crippen LogP contribution in [0.3, 0.4) is 0 Å². The van der Waals surface area contributed by atoms with Crippen molar-refractivity contribution in [2.45, 2.75) is 32.3 Å². The van der Waals surface area contributed by atoms with Gasteiger partial charge in [0.2, 0.25) is 0 Å². The maximum atomic E-state index is 9.84. The third-order valence-corrected chi connectivity index (χ3v) is 3.56. The van der Waals surface area contributed by atoms with Crippen LogP contribution in [0.5, 0.6) is 11.5 Å². The number of nitrogens with zero attached hydrogens (tertiary/aromatic N) is 1. The molecule has 1 aliphatic heterocycles. The van der Waals surface area contributed by atoms with Crippen LogP contribution in [0.25, 0.3) is 0 Å². The van der Waals surface area contributed by atoms with E-state index in [4.69, 9.17) is 14.3 Å². The number of hydrogen-bond donors (Lipinski definition) is 2. The molecule has 2 N–H and O–H groups in total. The average molecular weight is 322 g/mol. The number of hydrogen-bond acceptors (Lipinski definition) is 6. The second-order valence-electron chi connectivity index (χ2n) is 5.51. The van der Waals surface area contributed by atoms with E-state index in [-0.39, 0.29) is 6.61 Å². The van der Waals surface area contributed by atoms with Gasteiger partial charge in [-0.25, -0.2) is 0 Å². The Morgan fingerprint density at radius 2 is 2.30 bits per heavy atom. The number of oxime groups is 1. The van der Waals surface area contributed by atoms with E-state index >= 15 is 0 Å². The molecule has 2 rings (SSSR count). The van der Waals surface area contributed by atoms with Gasteiger partial charge in [-0.2, -0.15) is 0 Å². The highest BCUT2D eigenvalue weighted by Gasteiger charge is 2.17. The summed E-state index contributed by atoms with van der Waals surface area (Å²) in [6, 6.07) is 5.66. The Labute approximate surface area is 137 Å². The minimum Gasteiger partial charge on any atom is -0.497 e. The lowest BCUT2D eigenvalue weighted by molar-refractivity contribution is 0.0403. The van der Waals surface area contributed by atoms with Crippen LogP contribution in [0.15, 0.2) is 23.4 Å². The molecule has 0 saturated carbocycles. The molecule has 6 heteroatoms. The molecule has 6 nitrogen and oxygen atoms in total. The van der Waals surface area contributed by atoms with Crippen molar-refractivity contribution in [2.24, 2.45) is 5.16 Å². The molecular weight excluding hydrogens is 296 g/mol. The molecule has 1 aromatic carbocycles. The van der Waals surface area contributed by atoms with Gasteiger partial charge in [0.1, 0.15) is 24.2 Å². The van der Waals surface area contributed by atoms with Gasteiger partial charge in [0.05, 0.1) is 19.4 Å². The Kier molecular flexibility index (Phi) is 7.16. The van der Waals surface area contributed by atoms with Crippen molar-refractivity contribution in [1.29, 1.82) is 0 Å². The van der Waals surface area contributed by atoms with E-state index in [0.29, 0.717) is 13.2 Å². The minimum atomic E-state index is -0.572. The van der Waals surface area contributed by atoms with E-state index in [1.807, 2.05) is 18.2 Å². The Morgan fingerprint density at radius 3 is 3.09 bits per heavy atom. The topological polar surface area (TPSA) is 72.3 Å². The average Bonchev–Trinajstić information content (AvgIpc) is 2.77. The number of ether oxygens (including phenoxy) is 2. The van der Waals surface area contributed by atoms with E-state index in [1.54, 1.807) is 7.11 Å². The number of aliphatic hydroxyl groups excluding tert-OH is 1. The maximum absolute atomic E-state index is 9.84. The molecule has 1 unspecified atom stereocenters. The fraction of sp³-hybridized carbons (Fsp3) is 0.588. The van der Waals surface area contributed by atoms with Gasteiger partial charge in [-0.15, -0.1) is 0 Å². The van der Waals surface area contributed by atoms with Crippen molar-refractivity contribution in [2.75, 3.05) is 33.4 Å². The van der Waals surface area contributed by atoms with Crippen molar-refractivity contribution < 1.29 is 19.4 Å². The van der Waals surface area contributed by atoms with Crippen LogP contribution < -0.4 is 14.8 Å².